The van der Waals surface area contributed by atoms with Crippen LogP contribution in [0.4, 0.5) is 8.78 Å². The van der Waals surface area contributed by atoms with Crippen LogP contribution in [0.2, 0.25) is 0 Å². The molecule has 1 atom stereocenters. The van der Waals surface area contributed by atoms with E-state index in [1.807, 2.05) is 6.07 Å². The van der Waals surface area contributed by atoms with Gasteiger partial charge in [0, 0.05) is 47.9 Å². The molecule has 0 unspecified atom stereocenters. The number of aromatic nitrogens is 2. The Labute approximate surface area is 139 Å². The van der Waals surface area contributed by atoms with Gasteiger partial charge in [-0.3, -0.25) is 4.90 Å². The van der Waals surface area contributed by atoms with E-state index in [0.717, 1.165) is 43.0 Å². The molecule has 4 rings (SSSR count). The van der Waals surface area contributed by atoms with Gasteiger partial charge in [0.1, 0.15) is 17.3 Å². The van der Waals surface area contributed by atoms with Crippen LogP contribution in [-0.2, 0) is 6.54 Å². The van der Waals surface area contributed by atoms with E-state index in [2.05, 4.69) is 27.0 Å². The second-order valence-corrected chi connectivity index (χ2v) is 6.48. The van der Waals surface area contributed by atoms with Crippen LogP contribution in [0.25, 0.3) is 11.0 Å². The molecule has 0 bridgehead atoms. The van der Waals surface area contributed by atoms with Crippen molar-refractivity contribution in [3.63, 3.8) is 0 Å². The smallest absolute Gasteiger partial charge is 0.137 e. The molecule has 124 valence electrons. The van der Waals surface area contributed by atoms with Crippen LogP contribution in [0, 0.1) is 11.6 Å². The average molecular weight is 327 g/mol. The third-order valence-electron chi connectivity index (χ3n) is 4.77. The highest BCUT2D eigenvalue weighted by atomic mass is 19.1. The highest BCUT2D eigenvalue weighted by molar-refractivity contribution is 5.76. The molecule has 5 heteroatoms. The predicted octanol–water partition coefficient (Wildman–Crippen LogP) is 4.22. The summed E-state index contributed by atoms with van der Waals surface area (Å²) in [5.41, 5.74) is 2.65. The molecule has 1 aliphatic heterocycles. The van der Waals surface area contributed by atoms with E-state index in [0.29, 0.717) is 18.0 Å². The molecule has 2 aromatic heterocycles. The Hall–Kier alpha value is -2.27. The van der Waals surface area contributed by atoms with E-state index in [4.69, 9.17) is 0 Å². The van der Waals surface area contributed by atoms with Gasteiger partial charge in [-0.05, 0) is 43.7 Å². The van der Waals surface area contributed by atoms with Gasteiger partial charge in [0.2, 0.25) is 0 Å². The lowest BCUT2D eigenvalue weighted by Crippen LogP contribution is -2.34. The van der Waals surface area contributed by atoms with Crippen molar-refractivity contribution in [3.05, 3.63) is 65.5 Å². The van der Waals surface area contributed by atoms with Crippen molar-refractivity contribution in [3.8, 4) is 0 Å². The van der Waals surface area contributed by atoms with Crippen molar-refractivity contribution < 1.29 is 8.78 Å². The van der Waals surface area contributed by atoms with Crippen LogP contribution in [0.3, 0.4) is 0 Å². The first-order valence-electron chi connectivity index (χ1n) is 8.29. The van der Waals surface area contributed by atoms with Gasteiger partial charge >= 0.3 is 0 Å². The van der Waals surface area contributed by atoms with Gasteiger partial charge in [0.05, 0.1) is 0 Å². The molecule has 1 saturated heterocycles. The average Bonchev–Trinajstić information content (AvgIpc) is 3.02. The van der Waals surface area contributed by atoms with Crippen molar-refractivity contribution in [1.29, 1.82) is 0 Å². The second kappa shape index (κ2) is 6.32. The summed E-state index contributed by atoms with van der Waals surface area (Å²) in [5, 5.41) is 1.12. The SMILES string of the molecule is Fc1ccc(CN2CCC[C@@H](c3cc4cccnc4[nH]3)C2)c(F)c1. The Morgan fingerprint density at radius 3 is 2.96 bits per heavy atom. The molecular weight excluding hydrogens is 308 g/mol. The number of hydrogen-bond donors (Lipinski definition) is 1. The zero-order chi connectivity index (χ0) is 16.5. The topological polar surface area (TPSA) is 31.9 Å². The van der Waals surface area contributed by atoms with Crippen LogP contribution < -0.4 is 0 Å². The summed E-state index contributed by atoms with van der Waals surface area (Å²) in [6.45, 7) is 2.32. The molecule has 3 nitrogen and oxygen atoms in total. The van der Waals surface area contributed by atoms with Crippen molar-refractivity contribution in [2.45, 2.75) is 25.3 Å². The van der Waals surface area contributed by atoms with Gasteiger partial charge in [-0.15, -0.1) is 0 Å². The van der Waals surface area contributed by atoms with Crippen LogP contribution in [0.1, 0.15) is 30.0 Å². The fourth-order valence-corrected chi connectivity index (χ4v) is 3.54. The van der Waals surface area contributed by atoms with E-state index in [1.54, 1.807) is 12.3 Å². The van der Waals surface area contributed by atoms with Gasteiger partial charge in [-0.25, -0.2) is 13.8 Å². The van der Waals surface area contributed by atoms with Gasteiger partial charge < -0.3 is 4.98 Å². The molecule has 0 amide bonds. The van der Waals surface area contributed by atoms with Crippen LogP contribution >= 0.6 is 0 Å². The Morgan fingerprint density at radius 1 is 1.21 bits per heavy atom. The number of fused-ring (bicyclic) bond motifs is 1. The van der Waals surface area contributed by atoms with E-state index in [-0.39, 0.29) is 0 Å². The molecule has 1 aliphatic rings. The van der Waals surface area contributed by atoms with Crippen molar-refractivity contribution in [1.82, 2.24) is 14.9 Å². The van der Waals surface area contributed by atoms with Crippen molar-refractivity contribution in [2.24, 2.45) is 0 Å². The number of H-pyrrole nitrogens is 1. The number of rotatable bonds is 3. The van der Waals surface area contributed by atoms with Gasteiger partial charge in [-0.2, -0.15) is 0 Å². The summed E-state index contributed by atoms with van der Waals surface area (Å²) in [6.07, 6.45) is 3.96. The first-order valence-corrected chi connectivity index (χ1v) is 8.29. The van der Waals surface area contributed by atoms with E-state index in [9.17, 15) is 8.78 Å². The van der Waals surface area contributed by atoms with E-state index in [1.165, 1.54) is 11.8 Å². The number of piperidine rings is 1. The highest BCUT2D eigenvalue weighted by Crippen LogP contribution is 2.29. The number of hydrogen-bond acceptors (Lipinski definition) is 2. The lowest BCUT2D eigenvalue weighted by Gasteiger charge is -2.32. The summed E-state index contributed by atoms with van der Waals surface area (Å²) >= 11 is 0. The summed E-state index contributed by atoms with van der Waals surface area (Å²) < 4.78 is 26.9. The Morgan fingerprint density at radius 2 is 2.12 bits per heavy atom. The fourth-order valence-electron chi connectivity index (χ4n) is 3.54. The first-order chi connectivity index (χ1) is 11.7. The van der Waals surface area contributed by atoms with E-state index < -0.39 is 11.6 Å². The Kier molecular flexibility index (Phi) is 4.02. The fraction of sp³-hybridized carbons (Fsp3) is 0.316. The summed E-state index contributed by atoms with van der Waals surface area (Å²) in [6, 6.07) is 9.97. The molecule has 0 radical (unpaired) electrons. The maximum Gasteiger partial charge on any atom is 0.137 e. The highest BCUT2D eigenvalue weighted by Gasteiger charge is 2.23. The predicted molar refractivity (Wildman–Crippen MR) is 89.7 cm³/mol. The number of likely N-dealkylation sites (tertiary alicyclic amines) is 1. The number of benzene rings is 1. The number of halogens is 2. The quantitative estimate of drug-likeness (QED) is 0.781. The van der Waals surface area contributed by atoms with Gasteiger partial charge in [0.25, 0.3) is 0 Å². The minimum Gasteiger partial charge on any atom is -0.343 e. The molecule has 1 fully saturated rings. The molecule has 1 N–H and O–H groups in total. The summed E-state index contributed by atoms with van der Waals surface area (Å²) in [4.78, 5) is 10.00. The summed E-state index contributed by atoms with van der Waals surface area (Å²) in [7, 11) is 0. The lowest BCUT2D eigenvalue weighted by atomic mass is 9.94. The summed E-state index contributed by atoms with van der Waals surface area (Å²) in [5.74, 6) is -0.609. The van der Waals surface area contributed by atoms with Crippen molar-refractivity contribution in [2.75, 3.05) is 13.1 Å². The zero-order valence-corrected chi connectivity index (χ0v) is 13.3. The van der Waals surface area contributed by atoms with Crippen LogP contribution in [-0.4, -0.2) is 28.0 Å². The van der Waals surface area contributed by atoms with E-state index >= 15 is 0 Å². The van der Waals surface area contributed by atoms with Gasteiger partial charge in [0.15, 0.2) is 0 Å². The molecule has 3 heterocycles. The molecule has 24 heavy (non-hydrogen) atoms. The monoisotopic (exact) mass is 327 g/mol. The lowest BCUT2D eigenvalue weighted by molar-refractivity contribution is 0.196. The molecule has 0 aliphatic carbocycles. The maximum absolute atomic E-state index is 13.9. The number of aromatic amines is 1. The minimum atomic E-state index is -0.529. The second-order valence-electron chi connectivity index (χ2n) is 6.48. The van der Waals surface area contributed by atoms with Crippen LogP contribution in [0.15, 0.2) is 42.6 Å². The van der Waals surface area contributed by atoms with Crippen molar-refractivity contribution >= 4 is 11.0 Å². The Balaban J connectivity index is 1.51. The minimum absolute atomic E-state index is 0.386. The third kappa shape index (κ3) is 3.04. The molecule has 0 saturated carbocycles. The number of pyridine rings is 1. The molecule has 1 aromatic carbocycles. The maximum atomic E-state index is 13.9. The third-order valence-corrected chi connectivity index (χ3v) is 4.77. The number of nitrogens with one attached hydrogen (secondary N) is 1. The molecule has 0 spiro atoms. The first kappa shape index (κ1) is 15.3. The van der Waals surface area contributed by atoms with Crippen LogP contribution in [0.5, 0.6) is 0 Å². The zero-order valence-electron chi connectivity index (χ0n) is 13.3. The Bertz CT molecular complexity index is 826. The molecular formula is C19H19F2N3. The largest absolute Gasteiger partial charge is 0.343 e. The van der Waals surface area contributed by atoms with Gasteiger partial charge in [-0.1, -0.05) is 6.07 Å². The normalized spacial score (nSPS) is 19.0. The molecule has 3 aromatic rings. The standard InChI is InChI=1S/C19H19F2N3/c20-16-6-5-14(17(21)10-16)11-24-8-2-4-15(12-24)18-9-13-3-1-7-22-19(13)23-18/h1,3,5-7,9-10,15H,2,4,8,11-12H2,(H,22,23)/t15-/m1/s1. The number of nitrogens with zero attached hydrogens (tertiary/aromatic N) is 2.